The molecule has 266 valence electrons. The highest BCUT2D eigenvalue weighted by Gasteiger charge is 2.13. The third-order valence-corrected chi connectivity index (χ3v) is 8.11. The first-order valence-corrected chi connectivity index (χ1v) is 19.4. The summed E-state index contributed by atoms with van der Waals surface area (Å²) in [6, 6.07) is 0. The van der Waals surface area contributed by atoms with Crippen molar-refractivity contribution in [1.82, 2.24) is 0 Å². The van der Waals surface area contributed by atoms with Crippen LogP contribution in [0.2, 0.25) is 0 Å². The molecule has 0 aliphatic heterocycles. The minimum atomic E-state index is -0.534. The van der Waals surface area contributed by atoms with E-state index in [1.807, 2.05) is 0 Å². The molecule has 0 spiro atoms. The quantitative estimate of drug-likeness (QED) is 0.0424. The van der Waals surface area contributed by atoms with Crippen LogP contribution in [-0.2, 0) is 14.3 Å². The predicted octanol–water partition coefficient (Wildman–Crippen LogP) is 12.5. The molecule has 0 rings (SSSR count). The summed E-state index contributed by atoms with van der Waals surface area (Å²) >= 11 is 0. The maximum Gasteiger partial charge on any atom is 0.306 e. The molecular weight excluding hydrogens is 568 g/mol. The number of carbonyl (C=O) groups is 1. The average Bonchev–Trinajstić information content (AvgIpc) is 3.06. The van der Waals surface area contributed by atoms with Crippen LogP contribution in [0.15, 0.2) is 60.8 Å². The number of allylic oxidation sites excluding steroid dienone is 10. The number of esters is 1. The molecule has 0 fully saturated rings. The van der Waals surface area contributed by atoms with E-state index in [0.29, 0.717) is 19.6 Å². The molecule has 0 amide bonds. The number of unbranched alkanes of at least 4 members (excludes halogenated alkanes) is 17. The molecule has 0 heterocycles. The SMILES string of the molecule is CC/C=C\C/C=C\C/C=C\C/C=C\C/C=C\CCCCCCCCCCCCOCC(CO)OC(=O)CCCCCCCCCC. The Kier molecular flexibility index (Phi) is 37.6. The third-order valence-electron chi connectivity index (χ3n) is 8.11. The Balaban J connectivity index is 3.43. The highest BCUT2D eigenvalue weighted by Crippen LogP contribution is 2.13. The van der Waals surface area contributed by atoms with Gasteiger partial charge in [-0.25, -0.2) is 0 Å². The molecule has 4 heteroatoms. The van der Waals surface area contributed by atoms with Crippen LogP contribution < -0.4 is 0 Å². The summed E-state index contributed by atoms with van der Waals surface area (Å²) in [5, 5.41) is 9.52. The normalized spacial score (nSPS) is 13.0. The lowest BCUT2D eigenvalue weighted by Gasteiger charge is -2.16. The van der Waals surface area contributed by atoms with Crippen molar-refractivity contribution in [2.24, 2.45) is 0 Å². The number of carbonyl (C=O) groups excluding carboxylic acids is 1. The summed E-state index contributed by atoms with van der Waals surface area (Å²) < 4.78 is 11.1. The topological polar surface area (TPSA) is 55.8 Å². The molecule has 1 N–H and O–H groups in total. The van der Waals surface area contributed by atoms with Crippen LogP contribution in [0.3, 0.4) is 0 Å². The Hall–Kier alpha value is -1.91. The van der Waals surface area contributed by atoms with E-state index in [-0.39, 0.29) is 12.6 Å². The van der Waals surface area contributed by atoms with Gasteiger partial charge >= 0.3 is 5.97 Å². The largest absolute Gasteiger partial charge is 0.457 e. The Morgan fingerprint density at radius 3 is 1.48 bits per heavy atom. The van der Waals surface area contributed by atoms with Gasteiger partial charge in [0.05, 0.1) is 13.2 Å². The van der Waals surface area contributed by atoms with Crippen LogP contribution in [-0.4, -0.2) is 37.0 Å². The van der Waals surface area contributed by atoms with E-state index in [9.17, 15) is 9.90 Å². The van der Waals surface area contributed by atoms with Crippen LogP contribution in [0, 0.1) is 0 Å². The number of hydrogen-bond donors (Lipinski definition) is 1. The molecule has 46 heavy (non-hydrogen) atoms. The predicted molar refractivity (Wildman–Crippen MR) is 200 cm³/mol. The molecule has 0 aliphatic rings. The molecule has 0 saturated heterocycles. The first-order chi connectivity index (χ1) is 22.7. The monoisotopic (exact) mass is 643 g/mol. The Morgan fingerprint density at radius 1 is 0.543 bits per heavy atom. The first-order valence-electron chi connectivity index (χ1n) is 19.4. The lowest BCUT2D eigenvalue weighted by Crippen LogP contribution is -2.27. The van der Waals surface area contributed by atoms with Crippen LogP contribution in [0.25, 0.3) is 0 Å². The molecule has 4 nitrogen and oxygen atoms in total. The fourth-order valence-electron chi connectivity index (χ4n) is 5.24. The zero-order valence-corrected chi connectivity index (χ0v) is 30.3. The number of hydrogen-bond acceptors (Lipinski definition) is 4. The summed E-state index contributed by atoms with van der Waals surface area (Å²) in [5.74, 6) is -0.209. The second-order valence-electron chi connectivity index (χ2n) is 12.6. The number of rotatable bonds is 35. The Bertz CT molecular complexity index is 764. The zero-order valence-electron chi connectivity index (χ0n) is 30.3. The standard InChI is InChI=1S/C42H74O4/c1-3-5-7-9-11-13-14-15-16-17-18-19-20-21-22-23-24-25-26-27-28-29-30-32-34-36-38-45-40-41(39-43)46-42(44)37-35-33-31-12-10-8-6-4-2/h5,7,11,13,15-16,18-19,21-22,41,43H,3-4,6,8-10,12,14,17,20,23-40H2,1-2H3/b7-5-,13-11-,16-15-,19-18-,22-21-. The second-order valence-corrected chi connectivity index (χ2v) is 12.6. The molecular formula is C42H74O4. The molecule has 0 aromatic rings. The van der Waals surface area contributed by atoms with Gasteiger partial charge in [0.25, 0.3) is 0 Å². The van der Waals surface area contributed by atoms with E-state index in [1.54, 1.807) is 0 Å². The minimum absolute atomic E-state index is 0.174. The summed E-state index contributed by atoms with van der Waals surface area (Å²) in [4.78, 5) is 12.0. The van der Waals surface area contributed by atoms with Gasteiger partial charge in [-0.15, -0.1) is 0 Å². The van der Waals surface area contributed by atoms with Gasteiger partial charge in [-0.2, -0.15) is 0 Å². The van der Waals surface area contributed by atoms with E-state index in [2.05, 4.69) is 74.6 Å². The number of aliphatic hydroxyl groups excluding tert-OH is 1. The number of aliphatic hydroxyl groups is 1. The van der Waals surface area contributed by atoms with Crippen molar-refractivity contribution < 1.29 is 19.4 Å². The molecule has 0 bridgehead atoms. The van der Waals surface area contributed by atoms with Gasteiger partial charge in [-0.3, -0.25) is 4.79 Å². The van der Waals surface area contributed by atoms with Gasteiger partial charge < -0.3 is 14.6 Å². The zero-order chi connectivity index (χ0) is 33.4. The fourth-order valence-corrected chi connectivity index (χ4v) is 5.24. The van der Waals surface area contributed by atoms with Gasteiger partial charge in [0.2, 0.25) is 0 Å². The molecule has 0 saturated carbocycles. The molecule has 1 atom stereocenters. The fraction of sp³-hybridized carbons (Fsp3) is 0.738. The molecule has 0 aliphatic carbocycles. The molecule has 0 aromatic carbocycles. The maximum atomic E-state index is 12.0. The van der Waals surface area contributed by atoms with Crippen molar-refractivity contribution in [3.8, 4) is 0 Å². The Morgan fingerprint density at radius 2 is 0.978 bits per heavy atom. The number of ether oxygens (including phenoxy) is 2. The van der Waals surface area contributed by atoms with Crippen molar-refractivity contribution in [3.63, 3.8) is 0 Å². The van der Waals surface area contributed by atoms with Gasteiger partial charge in [0, 0.05) is 13.0 Å². The third kappa shape index (κ3) is 36.6. The summed E-state index contributed by atoms with van der Waals surface area (Å²) in [6.45, 7) is 5.19. The lowest BCUT2D eigenvalue weighted by molar-refractivity contribution is -0.154. The summed E-state index contributed by atoms with van der Waals surface area (Å²) in [6.07, 6.45) is 51.4. The van der Waals surface area contributed by atoms with Gasteiger partial charge in [0.15, 0.2) is 0 Å². The van der Waals surface area contributed by atoms with Crippen molar-refractivity contribution in [2.75, 3.05) is 19.8 Å². The lowest BCUT2D eigenvalue weighted by atomic mass is 10.1. The van der Waals surface area contributed by atoms with E-state index in [1.165, 1.54) is 103 Å². The summed E-state index contributed by atoms with van der Waals surface area (Å²) in [7, 11) is 0. The van der Waals surface area contributed by atoms with Crippen LogP contribution in [0.4, 0.5) is 0 Å². The summed E-state index contributed by atoms with van der Waals surface area (Å²) in [5.41, 5.74) is 0. The van der Waals surface area contributed by atoms with Crippen LogP contribution >= 0.6 is 0 Å². The van der Waals surface area contributed by atoms with Crippen molar-refractivity contribution in [3.05, 3.63) is 60.8 Å². The smallest absolute Gasteiger partial charge is 0.306 e. The van der Waals surface area contributed by atoms with E-state index in [0.717, 1.165) is 51.4 Å². The molecule has 0 radical (unpaired) electrons. The van der Waals surface area contributed by atoms with E-state index in [4.69, 9.17) is 9.47 Å². The van der Waals surface area contributed by atoms with Crippen LogP contribution in [0.5, 0.6) is 0 Å². The highest BCUT2D eigenvalue weighted by atomic mass is 16.6. The van der Waals surface area contributed by atoms with Crippen molar-refractivity contribution >= 4 is 5.97 Å². The maximum absolute atomic E-state index is 12.0. The second kappa shape index (κ2) is 39.3. The van der Waals surface area contributed by atoms with E-state index < -0.39 is 6.10 Å². The Labute approximate surface area is 285 Å². The first kappa shape index (κ1) is 44.1. The van der Waals surface area contributed by atoms with Gasteiger partial charge in [-0.1, -0.05) is 171 Å². The highest BCUT2D eigenvalue weighted by molar-refractivity contribution is 5.69. The van der Waals surface area contributed by atoms with E-state index >= 15 is 0 Å². The van der Waals surface area contributed by atoms with Gasteiger partial charge in [-0.05, 0) is 57.8 Å². The molecule has 0 aromatic heterocycles. The van der Waals surface area contributed by atoms with Crippen molar-refractivity contribution in [1.29, 1.82) is 0 Å². The minimum Gasteiger partial charge on any atom is -0.457 e. The van der Waals surface area contributed by atoms with Crippen molar-refractivity contribution in [2.45, 2.75) is 180 Å². The molecule has 1 unspecified atom stereocenters. The van der Waals surface area contributed by atoms with Crippen LogP contribution in [0.1, 0.15) is 174 Å². The van der Waals surface area contributed by atoms with Gasteiger partial charge in [0.1, 0.15) is 6.10 Å². The average molecular weight is 643 g/mol.